The highest BCUT2D eigenvalue weighted by molar-refractivity contribution is 8.16. The summed E-state index contributed by atoms with van der Waals surface area (Å²) in [6.07, 6.45) is 3.46. The van der Waals surface area contributed by atoms with E-state index in [2.05, 4.69) is 60.8 Å². The summed E-state index contributed by atoms with van der Waals surface area (Å²) in [5, 5.41) is 7.44. The summed E-state index contributed by atoms with van der Waals surface area (Å²) in [4.78, 5) is 0. The fourth-order valence-electron chi connectivity index (χ4n) is 3.66. The number of methoxy groups -OCH3 is 1. The fraction of sp³-hybridized carbons (Fsp3) is 0.208. The molecule has 29 heavy (non-hydrogen) atoms. The first kappa shape index (κ1) is 18.6. The monoisotopic (exact) mass is 418 g/mol. The van der Waals surface area contributed by atoms with Crippen LogP contribution in [0.4, 0.5) is 0 Å². The summed E-state index contributed by atoms with van der Waals surface area (Å²) in [7, 11) is 1.71. The van der Waals surface area contributed by atoms with E-state index in [4.69, 9.17) is 9.84 Å². The third kappa shape index (κ3) is 3.77. The minimum Gasteiger partial charge on any atom is -0.497 e. The summed E-state index contributed by atoms with van der Waals surface area (Å²) < 4.78 is 7.78. The van der Waals surface area contributed by atoms with E-state index >= 15 is 0 Å². The van der Waals surface area contributed by atoms with Gasteiger partial charge in [0.05, 0.1) is 23.1 Å². The van der Waals surface area contributed by atoms with Gasteiger partial charge in [-0.1, -0.05) is 36.4 Å². The number of ether oxygens (including phenoxy) is 1. The lowest BCUT2D eigenvalue weighted by molar-refractivity contribution is 0.415. The van der Waals surface area contributed by atoms with Gasteiger partial charge in [0, 0.05) is 11.8 Å². The Kier molecular flexibility index (Phi) is 5.25. The smallest absolute Gasteiger partial charge is 0.119 e. The second-order valence-corrected chi connectivity index (χ2v) is 9.79. The molecule has 3 aromatic carbocycles. The predicted molar refractivity (Wildman–Crippen MR) is 125 cm³/mol. The van der Waals surface area contributed by atoms with Gasteiger partial charge in [0.25, 0.3) is 0 Å². The SMILES string of the molecule is COc1ccc2cc(-c3cn(-c4ccccc4)nc3C3SCCCS3)ccc2c1. The molecule has 0 unspecified atom stereocenters. The van der Waals surface area contributed by atoms with E-state index in [-0.39, 0.29) is 0 Å². The maximum atomic E-state index is 5.37. The lowest BCUT2D eigenvalue weighted by Gasteiger charge is -2.20. The van der Waals surface area contributed by atoms with Crippen molar-refractivity contribution in [3.8, 4) is 22.6 Å². The molecule has 5 heteroatoms. The van der Waals surface area contributed by atoms with Gasteiger partial charge in [-0.25, -0.2) is 4.68 Å². The van der Waals surface area contributed by atoms with E-state index in [0.717, 1.165) is 11.4 Å². The highest BCUT2D eigenvalue weighted by Gasteiger charge is 2.24. The topological polar surface area (TPSA) is 27.1 Å². The number of aromatic nitrogens is 2. The lowest BCUT2D eigenvalue weighted by atomic mass is 10.0. The van der Waals surface area contributed by atoms with E-state index in [1.165, 1.54) is 45.5 Å². The molecule has 5 rings (SSSR count). The largest absolute Gasteiger partial charge is 0.497 e. The first-order chi connectivity index (χ1) is 14.3. The van der Waals surface area contributed by atoms with Crippen molar-refractivity contribution in [3.63, 3.8) is 0 Å². The minimum atomic E-state index is 0.385. The molecule has 0 aliphatic carbocycles. The second-order valence-electron chi connectivity index (χ2n) is 7.06. The highest BCUT2D eigenvalue weighted by atomic mass is 32.2. The Morgan fingerprint density at radius 2 is 1.69 bits per heavy atom. The maximum Gasteiger partial charge on any atom is 0.119 e. The van der Waals surface area contributed by atoms with Crippen molar-refractivity contribution in [2.24, 2.45) is 0 Å². The van der Waals surface area contributed by atoms with Gasteiger partial charge in [0.1, 0.15) is 5.75 Å². The van der Waals surface area contributed by atoms with Crippen molar-refractivity contribution in [3.05, 3.63) is 78.6 Å². The number of fused-ring (bicyclic) bond motifs is 1. The molecule has 3 nitrogen and oxygen atoms in total. The van der Waals surface area contributed by atoms with Crippen molar-refractivity contribution in [1.82, 2.24) is 9.78 Å². The number of thioether (sulfide) groups is 2. The zero-order valence-corrected chi connectivity index (χ0v) is 17.9. The van der Waals surface area contributed by atoms with Gasteiger partial charge in [-0.2, -0.15) is 5.10 Å². The molecule has 0 N–H and O–H groups in total. The first-order valence-electron chi connectivity index (χ1n) is 9.78. The Hall–Kier alpha value is -2.37. The van der Waals surface area contributed by atoms with E-state index in [9.17, 15) is 0 Å². The van der Waals surface area contributed by atoms with Crippen LogP contribution >= 0.6 is 23.5 Å². The Balaban J connectivity index is 1.62. The molecule has 0 radical (unpaired) electrons. The quantitative estimate of drug-likeness (QED) is 0.374. The molecule has 4 aromatic rings. The third-order valence-corrected chi connectivity index (χ3v) is 8.09. The Labute approximate surface area is 179 Å². The number of hydrogen-bond acceptors (Lipinski definition) is 4. The molecule has 1 aliphatic rings. The number of nitrogens with zero attached hydrogens (tertiary/aromatic N) is 2. The van der Waals surface area contributed by atoms with Gasteiger partial charge in [-0.15, -0.1) is 23.5 Å². The third-order valence-electron chi connectivity index (χ3n) is 5.17. The zero-order chi connectivity index (χ0) is 19.6. The van der Waals surface area contributed by atoms with Gasteiger partial charge < -0.3 is 4.74 Å². The second kappa shape index (κ2) is 8.17. The summed E-state index contributed by atoms with van der Waals surface area (Å²) >= 11 is 4.03. The van der Waals surface area contributed by atoms with Crippen LogP contribution in [0.5, 0.6) is 5.75 Å². The Morgan fingerprint density at radius 3 is 2.48 bits per heavy atom. The molecule has 0 spiro atoms. The van der Waals surface area contributed by atoms with Crippen LogP contribution in [-0.2, 0) is 0 Å². The predicted octanol–water partition coefficient (Wildman–Crippen LogP) is 6.57. The molecule has 0 atom stereocenters. The summed E-state index contributed by atoms with van der Waals surface area (Å²) in [6.45, 7) is 0. The van der Waals surface area contributed by atoms with Crippen LogP contribution in [-0.4, -0.2) is 28.4 Å². The fourth-order valence-corrected chi connectivity index (χ4v) is 6.52. The summed E-state index contributed by atoms with van der Waals surface area (Å²) in [5.74, 6) is 3.29. The number of para-hydroxylation sites is 1. The Bertz CT molecular complexity index is 1130. The van der Waals surface area contributed by atoms with Crippen LogP contribution in [0.3, 0.4) is 0 Å². The molecule has 2 heterocycles. The normalized spacial score (nSPS) is 14.9. The van der Waals surface area contributed by atoms with Crippen LogP contribution in [0.25, 0.3) is 27.6 Å². The number of rotatable bonds is 4. The van der Waals surface area contributed by atoms with E-state index < -0.39 is 0 Å². The zero-order valence-electron chi connectivity index (χ0n) is 16.2. The minimum absolute atomic E-state index is 0.385. The van der Waals surface area contributed by atoms with Gasteiger partial charge in [-0.05, 0) is 64.6 Å². The van der Waals surface area contributed by atoms with Crippen molar-refractivity contribution in [2.45, 2.75) is 11.0 Å². The highest BCUT2D eigenvalue weighted by Crippen LogP contribution is 2.46. The van der Waals surface area contributed by atoms with Gasteiger partial charge in [0.15, 0.2) is 0 Å². The van der Waals surface area contributed by atoms with Crippen LogP contribution in [0, 0.1) is 0 Å². The molecule has 0 bridgehead atoms. The van der Waals surface area contributed by atoms with Gasteiger partial charge in [0.2, 0.25) is 0 Å². The molecule has 1 fully saturated rings. The number of hydrogen-bond donors (Lipinski definition) is 0. The molecular weight excluding hydrogens is 396 g/mol. The molecule has 1 aliphatic heterocycles. The molecule has 1 aromatic heterocycles. The van der Waals surface area contributed by atoms with Crippen molar-refractivity contribution >= 4 is 34.3 Å². The summed E-state index contributed by atoms with van der Waals surface area (Å²) in [5.41, 5.74) is 4.71. The number of benzene rings is 3. The molecule has 0 saturated carbocycles. The molecular formula is C24H22N2OS2. The van der Waals surface area contributed by atoms with Gasteiger partial charge >= 0.3 is 0 Å². The molecule has 146 valence electrons. The summed E-state index contributed by atoms with van der Waals surface area (Å²) in [6, 6.07) is 23.3. The average Bonchev–Trinajstić information content (AvgIpc) is 3.25. The Morgan fingerprint density at radius 1 is 0.931 bits per heavy atom. The van der Waals surface area contributed by atoms with Crippen LogP contribution < -0.4 is 4.74 Å². The van der Waals surface area contributed by atoms with E-state index in [1.807, 2.05) is 40.3 Å². The molecule has 1 saturated heterocycles. The average molecular weight is 419 g/mol. The lowest BCUT2D eigenvalue weighted by Crippen LogP contribution is -2.03. The van der Waals surface area contributed by atoms with Crippen molar-refractivity contribution in [2.75, 3.05) is 18.6 Å². The maximum absolute atomic E-state index is 5.37. The van der Waals surface area contributed by atoms with Crippen LogP contribution in [0.1, 0.15) is 16.7 Å². The first-order valence-corrected chi connectivity index (χ1v) is 11.9. The van der Waals surface area contributed by atoms with Crippen molar-refractivity contribution in [1.29, 1.82) is 0 Å². The van der Waals surface area contributed by atoms with E-state index in [1.54, 1.807) is 7.11 Å². The van der Waals surface area contributed by atoms with Crippen LogP contribution in [0.15, 0.2) is 72.9 Å². The van der Waals surface area contributed by atoms with Crippen LogP contribution in [0.2, 0.25) is 0 Å². The van der Waals surface area contributed by atoms with Crippen molar-refractivity contribution < 1.29 is 4.74 Å². The molecule has 0 amide bonds. The standard InChI is InChI=1S/C24H22N2OS2/c1-27-21-11-10-17-14-19(9-8-18(17)15-21)22-16-26(20-6-3-2-4-7-20)25-23(22)24-28-12-5-13-29-24/h2-4,6-11,14-16,24H,5,12-13H2,1H3. The van der Waals surface area contributed by atoms with Gasteiger partial charge in [-0.3, -0.25) is 0 Å². The van der Waals surface area contributed by atoms with E-state index in [0.29, 0.717) is 4.58 Å².